The fourth-order valence-electron chi connectivity index (χ4n) is 4.22. The summed E-state index contributed by atoms with van der Waals surface area (Å²) in [5, 5.41) is 15.7. The van der Waals surface area contributed by atoms with Crippen molar-refractivity contribution < 1.29 is 14.6 Å². The van der Waals surface area contributed by atoms with Gasteiger partial charge in [0.15, 0.2) is 0 Å². The molecule has 0 unspecified atom stereocenters. The lowest BCUT2D eigenvalue weighted by atomic mass is 10.1. The second-order valence-corrected chi connectivity index (χ2v) is 9.10. The Balaban J connectivity index is 1.62. The van der Waals surface area contributed by atoms with E-state index < -0.39 is 6.10 Å². The number of hydrogen-bond donors (Lipinski definition) is 1. The summed E-state index contributed by atoms with van der Waals surface area (Å²) in [7, 11) is 1.70. The van der Waals surface area contributed by atoms with Gasteiger partial charge in [0.05, 0.1) is 29.7 Å². The number of nitrogens with zero attached hydrogens (tertiary/aromatic N) is 3. The van der Waals surface area contributed by atoms with E-state index in [1.54, 1.807) is 7.11 Å². The van der Waals surface area contributed by atoms with E-state index in [4.69, 9.17) is 14.6 Å². The molecule has 36 heavy (non-hydrogen) atoms. The molecule has 0 aliphatic heterocycles. The van der Waals surface area contributed by atoms with Crippen LogP contribution >= 0.6 is 0 Å². The molecule has 0 saturated carbocycles. The molecule has 0 aliphatic rings. The van der Waals surface area contributed by atoms with Crippen LogP contribution in [0.25, 0.3) is 5.69 Å². The van der Waals surface area contributed by atoms with Gasteiger partial charge in [0.2, 0.25) is 5.88 Å². The van der Waals surface area contributed by atoms with Crippen molar-refractivity contribution in [2.24, 2.45) is 0 Å². The first kappa shape index (κ1) is 25.6. The standard InChI is InChI=1S/C30H35N3O3/c1-23-14-16-28(17-15-23)36-30-29(24(2)31-33(30)26-12-8-5-9-13-26)22-32(18-19-35-3)21-27(34)20-25-10-6-4-7-11-25/h4-17,27,34H,18-22H2,1-3H3/t27-/m1/s1. The molecular formula is C30H35N3O3. The van der Waals surface area contributed by atoms with E-state index in [-0.39, 0.29) is 0 Å². The number of hydrogen-bond acceptors (Lipinski definition) is 5. The van der Waals surface area contributed by atoms with Gasteiger partial charge in [0.1, 0.15) is 5.75 Å². The lowest BCUT2D eigenvalue weighted by molar-refractivity contribution is 0.0846. The number of aliphatic hydroxyl groups excluding tert-OH is 1. The molecule has 0 spiro atoms. The maximum atomic E-state index is 10.9. The lowest BCUT2D eigenvalue weighted by Crippen LogP contribution is -2.35. The van der Waals surface area contributed by atoms with E-state index in [1.807, 2.05) is 96.5 Å². The van der Waals surface area contributed by atoms with E-state index in [0.29, 0.717) is 38.5 Å². The zero-order valence-electron chi connectivity index (χ0n) is 21.3. The van der Waals surface area contributed by atoms with Crippen molar-refractivity contribution >= 4 is 0 Å². The maximum Gasteiger partial charge on any atom is 0.227 e. The summed E-state index contributed by atoms with van der Waals surface area (Å²) in [6.45, 7) is 6.40. The Bertz CT molecular complexity index is 1210. The normalized spacial score (nSPS) is 12.1. The van der Waals surface area contributed by atoms with Crippen molar-refractivity contribution in [3.8, 4) is 17.3 Å². The van der Waals surface area contributed by atoms with Gasteiger partial charge in [-0.1, -0.05) is 66.2 Å². The van der Waals surface area contributed by atoms with Crippen molar-refractivity contribution in [2.75, 3.05) is 26.8 Å². The van der Waals surface area contributed by atoms with Crippen LogP contribution in [0.15, 0.2) is 84.9 Å². The number of rotatable bonds is 12. The number of para-hydroxylation sites is 1. The maximum absolute atomic E-state index is 10.9. The van der Waals surface area contributed by atoms with Crippen LogP contribution in [-0.2, 0) is 17.7 Å². The van der Waals surface area contributed by atoms with E-state index >= 15 is 0 Å². The summed E-state index contributed by atoms with van der Waals surface area (Å²) in [6.07, 6.45) is 0.0921. The van der Waals surface area contributed by atoms with Crippen molar-refractivity contribution in [1.29, 1.82) is 0 Å². The van der Waals surface area contributed by atoms with Crippen LogP contribution in [0.3, 0.4) is 0 Å². The second-order valence-electron chi connectivity index (χ2n) is 9.10. The Morgan fingerprint density at radius 3 is 2.25 bits per heavy atom. The topological polar surface area (TPSA) is 59.8 Å². The summed E-state index contributed by atoms with van der Waals surface area (Å²) < 4.78 is 13.7. The molecule has 0 saturated heterocycles. The Kier molecular flexibility index (Phi) is 8.90. The SMILES string of the molecule is COCCN(Cc1c(C)nn(-c2ccccc2)c1Oc1ccc(C)cc1)C[C@H](O)Cc1ccccc1. The molecule has 188 valence electrons. The Labute approximate surface area is 213 Å². The molecule has 6 heteroatoms. The monoisotopic (exact) mass is 485 g/mol. The Morgan fingerprint density at radius 2 is 1.58 bits per heavy atom. The van der Waals surface area contributed by atoms with E-state index in [9.17, 15) is 5.11 Å². The minimum absolute atomic E-state index is 0.504. The molecule has 3 aromatic carbocycles. The van der Waals surface area contributed by atoms with Gasteiger partial charge >= 0.3 is 0 Å². The first-order valence-corrected chi connectivity index (χ1v) is 12.3. The largest absolute Gasteiger partial charge is 0.439 e. The number of aromatic nitrogens is 2. The van der Waals surface area contributed by atoms with Gasteiger partial charge in [0.25, 0.3) is 0 Å². The number of methoxy groups -OCH3 is 1. The van der Waals surface area contributed by atoms with Crippen molar-refractivity contribution in [3.63, 3.8) is 0 Å². The number of benzene rings is 3. The predicted octanol–water partition coefficient (Wildman–Crippen LogP) is 5.33. The molecule has 1 heterocycles. The molecule has 0 amide bonds. The van der Waals surface area contributed by atoms with Gasteiger partial charge in [-0.2, -0.15) is 5.10 Å². The predicted molar refractivity (Wildman–Crippen MR) is 143 cm³/mol. The van der Waals surface area contributed by atoms with E-state index in [1.165, 1.54) is 5.56 Å². The first-order chi connectivity index (χ1) is 17.5. The molecule has 0 radical (unpaired) electrons. The highest BCUT2D eigenvalue weighted by Crippen LogP contribution is 2.32. The highest BCUT2D eigenvalue weighted by molar-refractivity contribution is 5.43. The molecule has 4 rings (SSSR count). The molecule has 0 bridgehead atoms. The third kappa shape index (κ3) is 6.82. The van der Waals surface area contributed by atoms with Crippen LogP contribution in [0.1, 0.15) is 22.4 Å². The lowest BCUT2D eigenvalue weighted by Gasteiger charge is -2.25. The van der Waals surface area contributed by atoms with Gasteiger partial charge in [0, 0.05) is 26.7 Å². The first-order valence-electron chi connectivity index (χ1n) is 12.3. The number of aryl methyl sites for hydroxylation is 2. The molecule has 0 aliphatic carbocycles. The van der Waals surface area contributed by atoms with E-state index in [0.717, 1.165) is 28.3 Å². The Hall–Kier alpha value is -3.45. The van der Waals surface area contributed by atoms with Crippen molar-refractivity contribution in [1.82, 2.24) is 14.7 Å². The summed E-state index contributed by atoms with van der Waals surface area (Å²) in [5.41, 5.74) is 5.10. The second kappa shape index (κ2) is 12.5. The van der Waals surface area contributed by atoms with Gasteiger partial charge in [-0.05, 0) is 50.1 Å². The average molecular weight is 486 g/mol. The van der Waals surface area contributed by atoms with Gasteiger partial charge in [-0.3, -0.25) is 4.90 Å². The molecule has 1 atom stereocenters. The van der Waals surface area contributed by atoms with Gasteiger partial charge in [-0.25, -0.2) is 4.68 Å². The van der Waals surface area contributed by atoms with Crippen LogP contribution in [0.4, 0.5) is 0 Å². The van der Waals surface area contributed by atoms with Crippen LogP contribution in [0.2, 0.25) is 0 Å². The highest BCUT2D eigenvalue weighted by Gasteiger charge is 2.22. The highest BCUT2D eigenvalue weighted by atomic mass is 16.5. The van der Waals surface area contributed by atoms with Gasteiger partial charge < -0.3 is 14.6 Å². The van der Waals surface area contributed by atoms with Crippen molar-refractivity contribution in [2.45, 2.75) is 32.9 Å². The van der Waals surface area contributed by atoms with Gasteiger partial charge in [-0.15, -0.1) is 0 Å². The zero-order chi connectivity index (χ0) is 25.3. The van der Waals surface area contributed by atoms with Crippen LogP contribution < -0.4 is 4.74 Å². The minimum Gasteiger partial charge on any atom is -0.439 e. The minimum atomic E-state index is -0.504. The summed E-state index contributed by atoms with van der Waals surface area (Å²) >= 11 is 0. The molecule has 1 N–H and O–H groups in total. The molecule has 1 aromatic heterocycles. The third-order valence-corrected chi connectivity index (χ3v) is 6.15. The smallest absolute Gasteiger partial charge is 0.227 e. The summed E-state index contributed by atoms with van der Waals surface area (Å²) in [5.74, 6) is 1.44. The Morgan fingerprint density at radius 1 is 0.917 bits per heavy atom. The van der Waals surface area contributed by atoms with E-state index in [2.05, 4.69) is 11.8 Å². The van der Waals surface area contributed by atoms with Crippen LogP contribution in [-0.4, -0.2) is 52.7 Å². The molecular weight excluding hydrogens is 450 g/mol. The molecule has 6 nitrogen and oxygen atoms in total. The fraction of sp³-hybridized carbons (Fsp3) is 0.300. The summed E-state index contributed by atoms with van der Waals surface area (Å²) in [6, 6.07) is 28.1. The fourth-order valence-corrected chi connectivity index (χ4v) is 4.22. The zero-order valence-corrected chi connectivity index (χ0v) is 21.3. The third-order valence-electron chi connectivity index (χ3n) is 6.15. The molecule has 4 aromatic rings. The average Bonchev–Trinajstić information content (AvgIpc) is 3.19. The number of ether oxygens (including phenoxy) is 2. The molecule has 0 fully saturated rings. The number of aliphatic hydroxyl groups is 1. The van der Waals surface area contributed by atoms with Crippen molar-refractivity contribution in [3.05, 3.63) is 107 Å². The quantitative estimate of drug-likeness (QED) is 0.294. The van der Waals surface area contributed by atoms with Crippen LogP contribution in [0.5, 0.6) is 11.6 Å². The summed E-state index contributed by atoms with van der Waals surface area (Å²) in [4.78, 5) is 2.21. The van der Waals surface area contributed by atoms with Crippen LogP contribution in [0, 0.1) is 13.8 Å².